The maximum atomic E-state index is 12.6. The number of hydrogen-bond donors (Lipinski definition) is 1. The van der Waals surface area contributed by atoms with Crippen LogP contribution in [0.25, 0.3) is 0 Å². The third kappa shape index (κ3) is 3.22. The van der Waals surface area contributed by atoms with E-state index in [2.05, 4.69) is 0 Å². The number of nitrogens with zero attached hydrogens (tertiary/aromatic N) is 1. The van der Waals surface area contributed by atoms with Crippen LogP contribution in [-0.4, -0.2) is 31.4 Å². The van der Waals surface area contributed by atoms with Crippen molar-refractivity contribution < 1.29 is 21.6 Å². The van der Waals surface area contributed by atoms with Crippen LogP contribution in [0.5, 0.6) is 0 Å². The monoisotopic (exact) mass is 322 g/mol. The molecule has 2 N–H and O–H groups in total. The van der Waals surface area contributed by atoms with Crippen LogP contribution in [0.1, 0.15) is 25.3 Å². The van der Waals surface area contributed by atoms with Crippen molar-refractivity contribution in [3.05, 3.63) is 29.8 Å². The molecule has 2 rings (SSSR count). The molecule has 0 spiro atoms. The summed E-state index contributed by atoms with van der Waals surface area (Å²) in [6, 6.07) is 3.77. The van der Waals surface area contributed by atoms with Crippen LogP contribution in [0.2, 0.25) is 0 Å². The molecule has 4 nitrogen and oxygen atoms in total. The average Bonchev–Trinajstić information content (AvgIpc) is 2.35. The molecule has 1 heterocycles. The molecule has 0 aromatic heterocycles. The minimum absolute atomic E-state index is 0.138. The molecule has 1 aliphatic heterocycles. The average molecular weight is 322 g/mol. The lowest BCUT2D eigenvalue weighted by molar-refractivity contribution is -0.137. The highest BCUT2D eigenvalue weighted by atomic mass is 32.2. The predicted octanol–water partition coefficient (Wildman–Crippen LogP) is 2.21. The van der Waals surface area contributed by atoms with E-state index >= 15 is 0 Å². The van der Waals surface area contributed by atoms with E-state index in [4.69, 9.17) is 5.73 Å². The minimum atomic E-state index is -4.57. The number of sulfonamides is 1. The van der Waals surface area contributed by atoms with Gasteiger partial charge in [0.25, 0.3) is 0 Å². The van der Waals surface area contributed by atoms with E-state index < -0.39 is 27.3 Å². The molecule has 1 aliphatic rings. The van der Waals surface area contributed by atoms with Crippen molar-refractivity contribution in [2.24, 2.45) is 5.73 Å². The van der Waals surface area contributed by atoms with Crippen LogP contribution in [0.4, 0.5) is 13.2 Å². The molecule has 21 heavy (non-hydrogen) atoms. The number of nitrogens with two attached hydrogens (primary N) is 1. The Balaban J connectivity index is 2.22. The van der Waals surface area contributed by atoms with Gasteiger partial charge in [0.15, 0.2) is 0 Å². The highest BCUT2D eigenvalue weighted by Crippen LogP contribution is 2.33. The van der Waals surface area contributed by atoms with E-state index in [0.717, 1.165) is 22.9 Å². The fourth-order valence-electron chi connectivity index (χ4n) is 2.46. The van der Waals surface area contributed by atoms with Crippen LogP contribution < -0.4 is 5.73 Å². The van der Waals surface area contributed by atoms with Gasteiger partial charge in [-0.15, -0.1) is 0 Å². The first kappa shape index (κ1) is 16.3. The molecule has 0 amide bonds. The number of benzene rings is 1. The van der Waals surface area contributed by atoms with Gasteiger partial charge in [0.1, 0.15) is 0 Å². The topological polar surface area (TPSA) is 63.4 Å². The van der Waals surface area contributed by atoms with E-state index in [1.807, 2.05) is 6.92 Å². The number of rotatable bonds is 4. The summed E-state index contributed by atoms with van der Waals surface area (Å²) in [6.07, 6.45) is -3.06. The Labute approximate surface area is 121 Å². The van der Waals surface area contributed by atoms with Gasteiger partial charge in [-0.3, -0.25) is 0 Å². The molecule has 8 heteroatoms. The summed E-state index contributed by atoms with van der Waals surface area (Å²) in [6.45, 7) is 2.22. The molecule has 118 valence electrons. The van der Waals surface area contributed by atoms with Gasteiger partial charge in [-0.2, -0.15) is 17.5 Å². The van der Waals surface area contributed by atoms with E-state index in [-0.39, 0.29) is 18.0 Å². The summed E-state index contributed by atoms with van der Waals surface area (Å²) < 4.78 is 63.6. The predicted molar refractivity (Wildman–Crippen MR) is 72.0 cm³/mol. The Bertz CT molecular complexity index is 623. The maximum Gasteiger partial charge on any atom is 0.416 e. The van der Waals surface area contributed by atoms with Gasteiger partial charge in [0.05, 0.1) is 10.5 Å². The first-order chi connectivity index (χ1) is 9.58. The van der Waals surface area contributed by atoms with Crippen molar-refractivity contribution in [1.82, 2.24) is 4.31 Å². The molecule has 1 fully saturated rings. The molecule has 0 saturated carbocycles. The Hall–Kier alpha value is -1.12. The van der Waals surface area contributed by atoms with Crippen LogP contribution in [0, 0.1) is 0 Å². The van der Waals surface area contributed by atoms with Crippen molar-refractivity contribution in [3.8, 4) is 0 Å². The fraction of sp³-hybridized carbons (Fsp3) is 0.538. The summed E-state index contributed by atoms with van der Waals surface area (Å²) >= 11 is 0. The Morgan fingerprint density at radius 1 is 1.33 bits per heavy atom. The lowest BCUT2D eigenvalue weighted by Gasteiger charge is -2.46. The third-order valence-corrected chi connectivity index (χ3v) is 5.32. The highest BCUT2D eigenvalue weighted by Gasteiger charge is 2.45. The van der Waals surface area contributed by atoms with E-state index in [1.54, 1.807) is 0 Å². The first-order valence-electron chi connectivity index (χ1n) is 6.55. The maximum absolute atomic E-state index is 12.6. The summed E-state index contributed by atoms with van der Waals surface area (Å²) in [5, 5.41) is 0. The molecule has 0 unspecified atom stereocenters. The fourth-order valence-corrected chi connectivity index (χ4v) is 4.14. The molecular weight excluding hydrogens is 305 g/mol. The summed E-state index contributed by atoms with van der Waals surface area (Å²) in [5.41, 5.74) is 4.45. The van der Waals surface area contributed by atoms with Gasteiger partial charge in [-0.05, 0) is 24.6 Å². The Morgan fingerprint density at radius 3 is 2.48 bits per heavy atom. The first-order valence-corrected chi connectivity index (χ1v) is 7.99. The van der Waals surface area contributed by atoms with Gasteiger partial charge >= 0.3 is 6.18 Å². The van der Waals surface area contributed by atoms with Crippen LogP contribution in [0.3, 0.4) is 0 Å². The molecule has 0 radical (unpaired) electrons. The molecule has 0 bridgehead atoms. The molecule has 0 atom stereocenters. The zero-order chi connectivity index (χ0) is 15.9. The van der Waals surface area contributed by atoms with E-state index in [1.165, 1.54) is 6.07 Å². The number of hydrogen-bond acceptors (Lipinski definition) is 3. The Kier molecular flexibility index (Phi) is 4.07. The lowest BCUT2D eigenvalue weighted by atomic mass is 9.89. The highest BCUT2D eigenvalue weighted by molar-refractivity contribution is 7.89. The van der Waals surface area contributed by atoms with Gasteiger partial charge in [0.2, 0.25) is 10.0 Å². The summed E-state index contributed by atoms with van der Waals surface area (Å²) in [5.74, 6) is 0. The smallest absolute Gasteiger partial charge is 0.323 e. The van der Waals surface area contributed by atoms with Gasteiger partial charge in [-0.1, -0.05) is 19.4 Å². The van der Waals surface area contributed by atoms with Crippen LogP contribution >= 0.6 is 0 Å². The molecule has 0 aliphatic carbocycles. The molecular formula is C13H17F3N2O2S. The number of halogens is 3. The quantitative estimate of drug-likeness (QED) is 0.924. The van der Waals surface area contributed by atoms with Crippen molar-refractivity contribution in [2.45, 2.75) is 36.4 Å². The van der Waals surface area contributed by atoms with Crippen LogP contribution in [-0.2, 0) is 16.2 Å². The molecule has 1 aromatic rings. The lowest BCUT2D eigenvalue weighted by Crippen LogP contribution is -2.68. The minimum Gasteiger partial charge on any atom is -0.323 e. The summed E-state index contributed by atoms with van der Waals surface area (Å²) in [7, 11) is -3.92. The SMILES string of the molecule is CCCC1(N)CN(S(=O)(=O)c2cccc(C(F)(F)F)c2)C1. The van der Waals surface area contributed by atoms with Crippen molar-refractivity contribution in [1.29, 1.82) is 0 Å². The zero-order valence-electron chi connectivity index (χ0n) is 11.5. The zero-order valence-corrected chi connectivity index (χ0v) is 12.3. The van der Waals surface area contributed by atoms with Gasteiger partial charge in [-0.25, -0.2) is 8.42 Å². The van der Waals surface area contributed by atoms with E-state index in [0.29, 0.717) is 12.5 Å². The van der Waals surface area contributed by atoms with Gasteiger partial charge in [0, 0.05) is 18.6 Å². The van der Waals surface area contributed by atoms with E-state index in [9.17, 15) is 21.6 Å². The Morgan fingerprint density at radius 2 is 1.95 bits per heavy atom. The van der Waals surface area contributed by atoms with Gasteiger partial charge < -0.3 is 5.73 Å². The van der Waals surface area contributed by atoms with Crippen molar-refractivity contribution in [3.63, 3.8) is 0 Å². The normalized spacial score (nSPS) is 19.3. The standard InChI is InChI=1S/C13H17F3N2O2S/c1-2-6-12(17)8-18(9-12)21(19,20)11-5-3-4-10(7-11)13(14,15)16/h3-5,7H,2,6,8-9,17H2,1H3. The molecule has 1 saturated heterocycles. The number of alkyl halides is 3. The second-order valence-electron chi connectivity index (χ2n) is 5.41. The summed E-state index contributed by atoms with van der Waals surface area (Å²) in [4.78, 5) is -0.351. The van der Waals surface area contributed by atoms with Crippen molar-refractivity contribution >= 4 is 10.0 Å². The van der Waals surface area contributed by atoms with Crippen LogP contribution in [0.15, 0.2) is 29.2 Å². The third-order valence-electron chi connectivity index (χ3n) is 3.53. The second kappa shape index (κ2) is 5.26. The largest absolute Gasteiger partial charge is 0.416 e. The second-order valence-corrected chi connectivity index (χ2v) is 7.35. The molecule has 1 aromatic carbocycles. The van der Waals surface area contributed by atoms with Crippen molar-refractivity contribution in [2.75, 3.05) is 13.1 Å².